The van der Waals surface area contributed by atoms with Crippen molar-refractivity contribution < 1.29 is 4.79 Å². The van der Waals surface area contributed by atoms with E-state index in [9.17, 15) is 4.79 Å². The van der Waals surface area contributed by atoms with Gasteiger partial charge in [0.15, 0.2) is 5.82 Å². The molecule has 0 saturated heterocycles. The van der Waals surface area contributed by atoms with Crippen molar-refractivity contribution >= 4 is 11.6 Å². The molecule has 0 atom stereocenters. The van der Waals surface area contributed by atoms with E-state index < -0.39 is 0 Å². The number of aromatic nitrogens is 2. The molecule has 0 saturated carbocycles. The van der Waals surface area contributed by atoms with Gasteiger partial charge in [0.05, 0.1) is 11.3 Å². The van der Waals surface area contributed by atoms with E-state index in [1.807, 2.05) is 69.3 Å². The van der Waals surface area contributed by atoms with Gasteiger partial charge in [-0.05, 0) is 44.0 Å². The Morgan fingerprint density at radius 1 is 0.958 bits per heavy atom. The van der Waals surface area contributed by atoms with E-state index in [-0.39, 0.29) is 5.91 Å². The topological polar surface area (TPSA) is 54.9 Å². The molecule has 0 unspecified atom stereocenters. The lowest BCUT2D eigenvalue weighted by Crippen LogP contribution is -2.15. The summed E-state index contributed by atoms with van der Waals surface area (Å²) in [7, 11) is 0. The fourth-order valence-corrected chi connectivity index (χ4v) is 2.43. The molecule has 120 valence electrons. The summed E-state index contributed by atoms with van der Waals surface area (Å²) < 4.78 is 0. The number of nitrogens with zero attached hydrogens (tertiary/aromatic N) is 2. The molecule has 2 aromatic carbocycles. The lowest BCUT2D eigenvalue weighted by molar-refractivity contribution is 0.102. The van der Waals surface area contributed by atoms with Gasteiger partial charge in [0, 0.05) is 17.4 Å². The Labute approximate surface area is 141 Å². The molecule has 4 nitrogen and oxygen atoms in total. The van der Waals surface area contributed by atoms with E-state index in [1.165, 1.54) is 5.56 Å². The van der Waals surface area contributed by atoms with Crippen molar-refractivity contribution in [3.8, 4) is 11.4 Å². The third-order valence-electron chi connectivity index (χ3n) is 4.02. The Balaban J connectivity index is 1.84. The van der Waals surface area contributed by atoms with Crippen molar-refractivity contribution in [3.63, 3.8) is 0 Å². The zero-order valence-corrected chi connectivity index (χ0v) is 14.0. The van der Waals surface area contributed by atoms with E-state index in [1.54, 1.807) is 6.20 Å². The Hall–Kier alpha value is -3.01. The van der Waals surface area contributed by atoms with Crippen molar-refractivity contribution in [2.75, 3.05) is 5.32 Å². The lowest BCUT2D eigenvalue weighted by Gasteiger charge is -2.10. The first-order valence-corrected chi connectivity index (χ1v) is 7.82. The molecule has 0 radical (unpaired) electrons. The second kappa shape index (κ2) is 6.62. The number of nitrogens with one attached hydrogen (secondary N) is 1. The molecule has 1 aromatic heterocycles. The minimum Gasteiger partial charge on any atom is -0.322 e. The van der Waals surface area contributed by atoms with E-state index >= 15 is 0 Å². The molecule has 4 heteroatoms. The molecule has 0 bridgehead atoms. The number of benzene rings is 2. The quantitative estimate of drug-likeness (QED) is 0.782. The van der Waals surface area contributed by atoms with Gasteiger partial charge in [-0.1, -0.05) is 36.4 Å². The maximum absolute atomic E-state index is 12.5. The molecule has 24 heavy (non-hydrogen) atoms. The highest BCUT2D eigenvalue weighted by atomic mass is 16.1. The number of hydrogen-bond donors (Lipinski definition) is 1. The van der Waals surface area contributed by atoms with Crippen molar-refractivity contribution in [1.29, 1.82) is 0 Å². The van der Waals surface area contributed by atoms with Gasteiger partial charge in [0.25, 0.3) is 5.91 Å². The number of aryl methyl sites for hydroxylation is 3. The minimum absolute atomic E-state index is 0.199. The highest BCUT2D eigenvalue weighted by Crippen LogP contribution is 2.18. The number of carbonyl (C=O) groups is 1. The van der Waals surface area contributed by atoms with Crippen LogP contribution < -0.4 is 5.32 Å². The van der Waals surface area contributed by atoms with Gasteiger partial charge in [0.2, 0.25) is 0 Å². The van der Waals surface area contributed by atoms with Crippen LogP contribution >= 0.6 is 0 Å². The van der Waals surface area contributed by atoms with Crippen LogP contribution in [0.4, 0.5) is 5.69 Å². The molecule has 3 aromatic rings. The van der Waals surface area contributed by atoms with E-state index in [2.05, 4.69) is 15.3 Å². The molecule has 1 amide bonds. The third kappa shape index (κ3) is 3.33. The van der Waals surface area contributed by atoms with E-state index in [0.717, 1.165) is 16.8 Å². The number of hydrogen-bond acceptors (Lipinski definition) is 3. The molecular weight excluding hydrogens is 298 g/mol. The lowest BCUT2D eigenvalue weighted by atomic mass is 10.1. The largest absolute Gasteiger partial charge is 0.322 e. The summed E-state index contributed by atoms with van der Waals surface area (Å²) in [6.45, 7) is 5.89. The Morgan fingerprint density at radius 3 is 2.38 bits per heavy atom. The standard InChI is InChI=1S/C20H19N3O/c1-13-9-10-17(11-14(13)2)23-20(24)18-12-21-19(22-15(18)3)16-7-5-4-6-8-16/h4-12H,1-3H3,(H,23,24). The molecule has 1 N–H and O–H groups in total. The van der Waals surface area contributed by atoms with Crippen LogP contribution in [0.5, 0.6) is 0 Å². The first-order valence-electron chi connectivity index (χ1n) is 7.82. The summed E-state index contributed by atoms with van der Waals surface area (Å²) >= 11 is 0. The number of rotatable bonds is 3. The predicted molar refractivity (Wildman–Crippen MR) is 96.1 cm³/mol. The third-order valence-corrected chi connectivity index (χ3v) is 4.02. The SMILES string of the molecule is Cc1ccc(NC(=O)c2cnc(-c3ccccc3)nc2C)cc1C. The molecule has 0 spiro atoms. The Bertz CT molecular complexity index is 889. The summed E-state index contributed by atoms with van der Waals surface area (Å²) in [4.78, 5) is 21.3. The van der Waals surface area contributed by atoms with Gasteiger partial charge >= 0.3 is 0 Å². The maximum atomic E-state index is 12.5. The highest BCUT2D eigenvalue weighted by molar-refractivity contribution is 6.04. The smallest absolute Gasteiger partial charge is 0.259 e. The van der Waals surface area contributed by atoms with Crippen LogP contribution in [0, 0.1) is 20.8 Å². The maximum Gasteiger partial charge on any atom is 0.259 e. The molecule has 3 rings (SSSR count). The van der Waals surface area contributed by atoms with E-state index in [0.29, 0.717) is 17.1 Å². The van der Waals surface area contributed by atoms with Crippen molar-refractivity contribution in [1.82, 2.24) is 9.97 Å². The number of carbonyl (C=O) groups excluding carboxylic acids is 1. The fourth-order valence-electron chi connectivity index (χ4n) is 2.43. The van der Waals surface area contributed by atoms with E-state index in [4.69, 9.17) is 0 Å². The average Bonchev–Trinajstić information content (AvgIpc) is 2.59. The zero-order valence-electron chi connectivity index (χ0n) is 14.0. The van der Waals surface area contributed by atoms with Gasteiger partial charge in [-0.3, -0.25) is 4.79 Å². The normalized spacial score (nSPS) is 10.5. The van der Waals surface area contributed by atoms with Gasteiger partial charge in [-0.15, -0.1) is 0 Å². The zero-order chi connectivity index (χ0) is 17.1. The van der Waals surface area contributed by atoms with Crippen LogP contribution in [0.15, 0.2) is 54.7 Å². The highest BCUT2D eigenvalue weighted by Gasteiger charge is 2.13. The van der Waals surface area contributed by atoms with Gasteiger partial charge in [-0.2, -0.15) is 0 Å². The summed E-state index contributed by atoms with van der Waals surface area (Å²) in [5.41, 5.74) is 5.18. The monoisotopic (exact) mass is 317 g/mol. The predicted octanol–water partition coefficient (Wildman–Crippen LogP) is 4.32. The van der Waals surface area contributed by atoms with Crippen LogP contribution in [0.2, 0.25) is 0 Å². The average molecular weight is 317 g/mol. The Kier molecular flexibility index (Phi) is 4.38. The molecule has 0 fully saturated rings. The number of anilines is 1. The summed E-state index contributed by atoms with van der Waals surface area (Å²) in [6.07, 6.45) is 1.58. The summed E-state index contributed by atoms with van der Waals surface area (Å²) in [5.74, 6) is 0.422. The first kappa shape index (κ1) is 15.9. The van der Waals surface area contributed by atoms with Gasteiger partial charge in [0.1, 0.15) is 0 Å². The second-order valence-corrected chi connectivity index (χ2v) is 5.81. The molecule has 0 aliphatic carbocycles. The van der Waals surface area contributed by atoms with Crippen LogP contribution in [-0.2, 0) is 0 Å². The van der Waals surface area contributed by atoms with Gasteiger partial charge < -0.3 is 5.32 Å². The van der Waals surface area contributed by atoms with Crippen molar-refractivity contribution in [2.45, 2.75) is 20.8 Å². The molecule has 0 aliphatic heterocycles. The summed E-state index contributed by atoms with van der Waals surface area (Å²) in [6, 6.07) is 15.6. The van der Waals surface area contributed by atoms with Crippen LogP contribution in [-0.4, -0.2) is 15.9 Å². The van der Waals surface area contributed by atoms with Gasteiger partial charge in [-0.25, -0.2) is 9.97 Å². The fraction of sp³-hybridized carbons (Fsp3) is 0.150. The van der Waals surface area contributed by atoms with Crippen LogP contribution in [0.3, 0.4) is 0 Å². The molecule has 1 heterocycles. The number of amides is 1. The van der Waals surface area contributed by atoms with Crippen molar-refractivity contribution in [3.05, 3.63) is 77.1 Å². The van der Waals surface area contributed by atoms with Crippen molar-refractivity contribution in [2.24, 2.45) is 0 Å². The minimum atomic E-state index is -0.199. The summed E-state index contributed by atoms with van der Waals surface area (Å²) in [5, 5.41) is 2.91. The second-order valence-electron chi connectivity index (χ2n) is 5.81. The molecule has 0 aliphatic rings. The van der Waals surface area contributed by atoms with Crippen LogP contribution in [0.1, 0.15) is 27.2 Å². The first-order chi connectivity index (χ1) is 11.5. The van der Waals surface area contributed by atoms with Crippen LogP contribution in [0.25, 0.3) is 11.4 Å². The molecular formula is C20H19N3O. The Morgan fingerprint density at radius 2 is 1.71 bits per heavy atom.